The Labute approximate surface area is 185 Å². The first kappa shape index (κ1) is 20.4. The molecule has 0 atom stereocenters. The van der Waals surface area contributed by atoms with Crippen LogP contribution in [-0.4, -0.2) is 28.1 Å². The van der Waals surface area contributed by atoms with Crippen LogP contribution < -0.4 is 14.4 Å². The van der Waals surface area contributed by atoms with Gasteiger partial charge in [0.25, 0.3) is 0 Å². The van der Waals surface area contributed by atoms with Gasteiger partial charge >= 0.3 is 185 Å². The number of anilines is 2. The summed E-state index contributed by atoms with van der Waals surface area (Å²) < 4.78 is 44.8. The molecular formula is C24H23F3N3Se+. The van der Waals surface area contributed by atoms with Crippen molar-refractivity contribution in [2.75, 3.05) is 23.4 Å². The van der Waals surface area contributed by atoms with Crippen LogP contribution in [0.25, 0.3) is 15.9 Å². The second-order valence-corrected chi connectivity index (χ2v) is 10.1. The molecule has 3 heterocycles. The molecule has 3 nitrogen and oxygen atoms in total. The molecule has 2 aliphatic heterocycles. The molecule has 0 bridgehead atoms. The molecule has 0 saturated carbocycles. The Morgan fingerprint density at radius 1 is 1.10 bits per heavy atom. The van der Waals surface area contributed by atoms with Gasteiger partial charge in [0.15, 0.2) is 0 Å². The third kappa shape index (κ3) is 3.40. The summed E-state index contributed by atoms with van der Waals surface area (Å²) >= 11 is 0.259. The number of aryl methyl sites for hydroxylation is 1. The van der Waals surface area contributed by atoms with E-state index in [1.54, 1.807) is 6.07 Å². The summed E-state index contributed by atoms with van der Waals surface area (Å²) in [6.45, 7) is 3.90. The van der Waals surface area contributed by atoms with E-state index in [1.165, 1.54) is 32.1 Å². The zero-order valence-electron chi connectivity index (χ0n) is 17.4. The Morgan fingerprint density at radius 2 is 1.90 bits per heavy atom. The van der Waals surface area contributed by atoms with Crippen LogP contribution in [0.5, 0.6) is 0 Å². The van der Waals surface area contributed by atoms with Crippen molar-refractivity contribution in [2.45, 2.75) is 32.5 Å². The van der Waals surface area contributed by atoms with Gasteiger partial charge in [-0.3, -0.25) is 0 Å². The number of allylic oxidation sites excluding steroid dienone is 2. The molecule has 5 rings (SSSR count). The Hall–Kier alpha value is -2.50. The van der Waals surface area contributed by atoms with Gasteiger partial charge in [-0.2, -0.15) is 0 Å². The number of nitrogens with zero attached hydrogens (tertiary/aromatic N) is 3. The van der Waals surface area contributed by atoms with Crippen molar-refractivity contribution in [1.82, 2.24) is 0 Å². The fourth-order valence-corrected chi connectivity index (χ4v) is 6.96. The zero-order valence-corrected chi connectivity index (χ0v) is 19.1. The molecule has 0 radical (unpaired) electrons. The van der Waals surface area contributed by atoms with Gasteiger partial charge in [-0.15, -0.1) is 0 Å². The molecule has 0 fully saturated rings. The number of para-hydroxylation sites is 1. The van der Waals surface area contributed by atoms with Crippen molar-refractivity contribution in [3.05, 3.63) is 70.1 Å². The predicted octanol–water partition coefficient (Wildman–Crippen LogP) is 5.20. The van der Waals surface area contributed by atoms with E-state index in [2.05, 4.69) is 52.8 Å². The molecule has 1 aromatic heterocycles. The molecule has 0 N–H and O–H groups in total. The van der Waals surface area contributed by atoms with Gasteiger partial charge < -0.3 is 0 Å². The van der Waals surface area contributed by atoms with E-state index in [0.29, 0.717) is 5.69 Å². The van der Waals surface area contributed by atoms with Crippen molar-refractivity contribution in [3.63, 3.8) is 0 Å². The Morgan fingerprint density at radius 3 is 2.68 bits per heavy atom. The van der Waals surface area contributed by atoms with Crippen LogP contribution >= 0.6 is 0 Å². The summed E-state index contributed by atoms with van der Waals surface area (Å²) in [7, 11) is 1.87. The summed E-state index contributed by atoms with van der Waals surface area (Å²) in [5, 5.41) is 0. The van der Waals surface area contributed by atoms with Gasteiger partial charge in [0, 0.05) is 0 Å². The van der Waals surface area contributed by atoms with Crippen molar-refractivity contribution in [2.24, 2.45) is 0 Å². The first-order chi connectivity index (χ1) is 14.9. The van der Waals surface area contributed by atoms with Gasteiger partial charge in [0.1, 0.15) is 0 Å². The molecule has 31 heavy (non-hydrogen) atoms. The fourth-order valence-electron chi connectivity index (χ4n) is 4.59. The molecule has 160 valence electrons. The quantitative estimate of drug-likeness (QED) is 0.370. The average molecular weight is 489 g/mol. The van der Waals surface area contributed by atoms with Crippen LogP contribution in [0.3, 0.4) is 0 Å². The van der Waals surface area contributed by atoms with E-state index in [1.807, 2.05) is 11.9 Å². The van der Waals surface area contributed by atoms with Crippen molar-refractivity contribution < 1.29 is 17.7 Å². The van der Waals surface area contributed by atoms with E-state index in [-0.39, 0.29) is 14.5 Å². The Kier molecular flexibility index (Phi) is 4.98. The fraction of sp³-hybridized carbons (Fsp3) is 0.292. The standard InChI is InChI=1S/C24H23F3N3Se/c1-3-29-19-8-4-5-9-21(19)31-22(29)13-10-16-7-6-14-30-18-12-11-17(24(25,26)27)15-20(18)28(2)23(16)30/h4-5,8-13,15H,3,6-7,14H2,1-2H3/q+1. The number of hydrogen-bond donors (Lipinski definition) is 0. The van der Waals surface area contributed by atoms with Crippen LogP contribution in [0, 0.1) is 0 Å². The average Bonchev–Trinajstić information content (AvgIpc) is 3.26. The van der Waals surface area contributed by atoms with E-state index < -0.39 is 11.7 Å². The first-order valence-corrected chi connectivity index (χ1v) is 12.1. The number of alkyl halides is 3. The van der Waals surface area contributed by atoms with Crippen LogP contribution in [0.4, 0.5) is 24.5 Å². The third-order valence-corrected chi connectivity index (χ3v) is 8.40. The topological polar surface area (TPSA) is 10.4 Å². The molecule has 0 amide bonds. The van der Waals surface area contributed by atoms with Crippen molar-refractivity contribution in [3.8, 4) is 0 Å². The molecule has 3 aromatic rings. The molecule has 0 spiro atoms. The van der Waals surface area contributed by atoms with E-state index in [0.717, 1.165) is 37.4 Å². The monoisotopic (exact) mass is 490 g/mol. The minimum absolute atomic E-state index is 0.259. The minimum atomic E-state index is -4.34. The molecule has 0 saturated heterocycles. The predicted molar refractivity (Wildman–Crippen MR) is 119 cm³/mol. The molecular weight excluding hydrogens is 466 g/mol. The van der Waals surface area contributed by atoms with E-state index in [4.69, 9.17) is 0 Å². The van der Waals surface area contributed by atoms with Gasteiger partial charge in [-0.05, 0) is 0 Å². The molecule has 7 heteroatoms. The SMILES string of the molecule is CC[n+]1c(C=CC2=C3N(C)c4cc(C(F)(F)F)ccc4N3CCC2)[se]c2ccccc21. The maximum atomic E-state index is 13.2. The normalized spacial score (nSPS) is 16.5. The summed E-state index contributed by atoms with van der Waals surface area (Å²) in [6, 6.07) is 12.6. The van der Waals surface area contributed by atoms with Crippen molar-refractivity contribution in [1.29, 1.82) is 0 Å². The van der Waals surface area contributed by atoms with Crippen LogP contribution in [-0.2, 0) is 12.7 Å². The molecule has 2 aliphatic rings. The second kappa shape index (κ2) is 7.57. The van der Waals surface area contributed by atoms with Crippen molar-refractivity contribution >= 4 is 41.7 Å². The van der Waals surface area contributed by atoms with Crippen LogP contribution in [0.2, 0.25) is 0 Å². The summed E-state index contributed by atoms with van der Waals surface area (Å²) in [5.74, 6) is 1.00. The summed E-state index contributed by atoms with van der Waals surface area (Å²) in [6.07, 6.45) is 1.96. The molecule has 0 aliphatic carbocycles. The van der Waals surface area contributed by atoms with E-state index in [9.17, 15) is 13.2 Å². The first-order valence-electron chi connectivity index (χ1n) is 10.4. The molecule has 2 aromatic carbocycles. The van der Waals surface area contributed by atoms with Gasteiger partial charge in [-0.1, -0.05) is 0 Å². The third-order valence-electron chi connectivity index (χ3n) is 6.02. The number of fused-ring (bicyclic) bond motifs is 4. The van der Waals surface area contributed by atoms with Crippen LogP contribution in [0.15, 0.2) is 59.9 Å². The summed E-state index contributed by atoms with van der Waals surface area (Å²) in [4.78, 5) is 4.08. The zero-order chi connectivity index (χ0) is 21.8. The Balaban J connectivity index is 1.55. The number of halogens is 3. The van der Waals surface area contributed by atoms with Gasteiger partial charge in [0.05, 0.1) is 0 Å². The number of aromatic nitrogens is 1. The second-order valence-electron chi connectivity index (χ2n) is 7.85. The maximum absolute atomic E-state index is 13.2. The van der Waals surface area contributed by atoms with E-state index >= 15 is 0 Å². The summed E-state index contributed by atoms with van der Waals surface area (Å²) in [5.41, 5.74) is 3.34. The number of benzene rings is 2. The van der Waals surface area contributed by atoms with Gasteiger partial charge in [-0.25, -0.2) is 0 Å². The Bertz CT molecular complexity index is 1220. The van der Waals surface area contributed by atoms with Gasteiger partial charge in [0.2, 0.25) is 0 Å². The number of rotatable bonds is 3. The number of hydrogen-bond acceptors (Lipinski definition) is 2. The van der Waals surface area contributed by atoms with Crippen LogP contribution in [0.1, 0.15) is 29.9 Å². The molecule has 0 unspecified atom stereocenters.